The highest BCUT2D eigenvalue weighted by atomic mass is 15.1. The average Bonchev–Trinajstić information content (AvgIpc) is 3.43. The van der Waals surface area contributed by atoms with E-state index in [1.54, 1.807) is 0 Å². The molecule has 5 unspecified atom stereocenters. The van der Waals surface area contributed by atoms with E-state index in [-0.39, 0.29) is 0 Å². The first-order valence-corrected chi connectivity index (χ1v) is 14.9. The fourth-order valence-electron chi connectivity index (χ4n) is 6.48. The van der Waals surface area contributed by atoms with Crippen molar-refractivity contribution in [1.82, 2.24) is 4.90 Å². The molecule has 1 saturated heterocycles. The third-order valence-electron chi connectivity index (χ3n) is 9.37. The van der Waals surface area contributed by atoms with Gasteiger partial charge in [-0.05, 0) is 81.6 Å². The molecule has 0 bridgehead atoms. The van der Waals surface area contributed by atoms with Crippen LogP contribution in [0.2, 0.25) is 0 Å². The van der Waals surface area contributed by atoms with E-state index >= 15 is 0 Å². The number of benzene rings is 2. The maximum atomic E-state index is 2.48. The van der Waals surface area contributed by atoms with Crippen LogP contribution in [0, 0.1) is 48.9 Å². The van der Waals surface area contributed by atoms with Crippen molar-refractivity contribution in [3.05, 3.63) is 71.8 Å². The van der Waals surface area contributed by atoms with Crippen LogP contribution in [0.15, 0.2) is 60.7 Å². The second-order valence-electron chi connectivity index (χ2n) is 12.7. The summed E-state index contributed by atoms with van der Waals surface area (Å²) in [4.78, 5) is 2.48. The Bertz CT molecular complexity index is 762. The molecule has 2 aromatic rings. The van der Waals surface area contributed by atoms with Crippen molar-refractivity contribution >= 4 is 0 Å². The molecule has 0 radical (unpaired) electrons. The first kappa shape index (κ1) is 30.6. The number of hydrogen-bond acceptors (Lipinski definition) is 1. The normalized spacial score (nSPS) is 28.4. The summed E-state index contributed by atoms with van der Waals surface area (Å²) in [5.74, 6) is 5.00. The summed E-state index contributed by atoms with van der Waals surface area (Å²) >= 11 is 0. The number of nitrogens with zero attached hydrogens (tertiary/aromatic N) is 1. The van der Waals surface area contributed by atoms with Gasteiger partial charge in [0.1, 0.15) is 0 Å². The van der Waals surface area contributed by atoms with Crippen LogP contribution in [0.5, 0.6) is 0 Å². The molecule has 0 N–H and O–H groups in total. The van der Waals surface area contributed by atoms with Crippen molar-refractivity contribution < 1.29 is 0 Å². The van der Waals surface area contributed by atoms with Gasteiger partial charge in [-0.25, -0.2) is 0 Å². The SMILES string of the molecule is CCCC1CCC(C)(C)C(C)C1C.CN1CC2CCCC2C1.Cc1ccccc1.Cc1ccccc1. The van der Waals surface area contributed by atoms with E-state index in [1.807, 2.05) is 36.4 Å². The molecule has 5 rings (SSSR count). The fraction of sp³-hybridized carbons (Fsp3) is 0.657. The van der Waals surface area contributed by atoms with Crippen molar-refractivity contribution in [2.75, 3.05) is 20.1 Å². The predicted octanol–water partition coefficient (Wildman–Crippen LogP) is 9.83. The van der Waals surface area contributed by atoms with Crippen LogP contribution in [0.4, 0.5) is 0 Å². The second kappa shape index (κ2) is 15.6. The van der Waals surface area contributed by atoms with Gasteiger partial charge in [-0.15, -0.1) is 0 Å². The van der Waals surface area contributed by atoms with Gasteiger partial charge in [0.25, 0.3) is 0 Å². The number of hydrogen-bond donors (Lipinski definition) is 0. The maximum Gasteiger partial charge on any atom is 0.000985 e. The Morgan fingerprint density at radius 3 is 1.64 bits per heavy atom. The molecule has 1 nitrogen and oxygen atoms in total. The third-order valence-corrected chi connectivity index (χ3v) is 9.37. The standard InChI is InChI=1S/C13H26.C8H15N.2C7H8/c1-6-7-12-8-9-13(4,5)11(3)10(12)2;1-9-5-7-3-2-4-8(7)6-9;2*1-7-5-3-2-4-6-7/h10-12H,6-9H2,1-5H3;7-8H,2-6H2,1H3;2*2-6H,1H3. The van der Waals surface area contributed by atoms with Crippen LogP contribution in [0.25, 0.3) is 0 Å². The average molecular weight is 492 g/mol. The fourth-order valence-corrected chi connectivity index (χ4v) is 6.48. The molecule has 36 heavy (non-hydrogen) atoms. The molecular formula is C35H57N. The van der Waals surface area contributed by atoms with Gasteiger partial charge in [-0.2, -0.15) is 0 Å². The molecule has 5 atom stereocenters. The number of rotatable bonds is 2. The molecule has 1 aliphatic heterocycles. The molecule has 3 fully saturated rings. The minimum absolute atomic E-state index is 0.587. The van der Waals surface area contributed by atoms with E-state index < -0.39 is 0 Å². The van der Waals surface area contributed by atoms with Crippen LogP contribution in [0.1, 0.15) is 90.7 Å². The number of aryl methyl sites for hydroxylation is 2. The van der Waals surface area contributed by atoms with Gasteiger partial charge in [-0.3, -0.25) is 0 Å². The molecule has 1 heteroatoms. The van der Waals surface area contributed by atoms with Crippen molar-refractivity contribution in [2.24, 2.45) is 35.0 Å². The summed E-state index contributed by atoms with van der Waals surface area (Å²) in [6.07, 6.45) is 10.2. The van der Waals surface area contributed by atoms with Crippen LogP contribution >= 0.6 is 0 Å². The Morgan fingerprint density at radius 2 is 1.25 bits per heavy atom. The molecule has 1 heterocycles. The topological polar surface area (TPSA) is 3.24 Å². The van der Waals surface area contributed by atoms with Gasteiger partial charge in [-0.1, -0.05) is 126 Å². The third kappa shape index (κ3) is 10.4. The van der Waals surface area contributed by atoms with E-state index in [4.69, 9.17) is 0 Å². The van der Waals surface area contributed by atoms with E-state index in [0.29, 0.717) is 5.41 Å². The molecule has 3 aliphatic rings. The highest BCUT2D eigenvalue weighted by Gasteiger charge is 2.38. The van der Waals surface area contributed by atoms with Gasteiger partial charge in [0.15, 0.2) is 0 Å². The number of fused-ring (bicyclic) bond motifs is 1. The lowest BCUT2D eigenvalue weighted by Crippen LogP contribution is -2.36. The van der Waals surface area contributed by atoms with E-state index in [0.717, 1.165) is 29.6 Å². The first-order valence-electron chi connectivity index (χ1n) is 14.9. The minimum atomic E-state index is 0.587. The van der Waals surface area contributed by atoms with E-state index in [2.05, 4.69) is 84.7 Å². The van der Waals surface area contributed by atoms with Crippen LogP contribution < -0.4 is 0 Å². The molecule has 2 aliphatic carbocycles. The number of likely N-dealkylation sites (tertiary alicyclic amines) is 1. The highest BCUT2D eigenvalue weighted by Crippen LogP contribution is 2.47. The Morgan fingerprint density at radius 1 is 0.778 bits per heavy atom. The monoisotopic (exact) mass is 491 g/mol. The van der Waals surface area contributed by atoms with Crippen molar-refractivity contribution in [3.63, 3.8) is 0 Å². The van der Waals surface area contributed by atoms with Crippen molar-refractivity contribution in [3.8, 4) is 0 Å². The van der Waals surface area contributed by atoms with Crippen LogP contribution in [-0.4, -0.2) is 25.0 Å². The van der Waals surface area contributed by atoms with Gasteiger partial charge in [0.2, 0.25) is 0 Å². The zero-order valence-corrected chi connectivity index (χ0v) is 25.0. The van der Waals surface area contributed by atoms with E-state index in [9.17, 15) is 0 Å². The lowest BCUT2D eigenvalue weighted by atomic mass is 9.60. The van der Waals surface area contributed by atoms with Crippen molar-refractivity contribution in [1.29, 1.82) is 0 Å². The zero-order chi connectivity index (χ0) is 26.6. The Kier molecular flexibility index (Phi) is 13.3. The van der Waals surface area contributed by atoms with E-state index in [1.165, 1.54) is 69.2 Å². The lowest BCUT2D eigenvalue weighted by molar-refractivity contribution is 0.0468. The van der Waals surface area contributed by atoms with Gasteiger partial charge < -0.3 is 4.90 Å². The van der Waals surface area contributed by atoms with Gasteiger partial charge >= 0.3 is 0 Å². The molecule has 202 valence electrons. The Labute approximate surface area is 225 Å². The van der Waals surface area contributed by atoms with Crippen LogP contribution in [0.3, 0.4) is 0 Å². The smallest absolute Gasteiger partial charge is 0.000985 e. The highest BCUT2D eigenvalue weighted by molar-refractivity contribution is 5.12. The van der Waals surface area contributed by atoms with Gasteiger partial charge in [0, 0.05) is 13.1 Å². The molecule has 2 aromatic carbocycles. The zero-order valence-electron chi connectivity index (χ0n) is 25.0. The Balaban J connectivity index is 0.000000175. The first-order chi connectivity index (χ1) is 17.1. The predicted molar refractivity (Wildman–Crippen MR) is 160 cm³/mol. The quantitative estimate of drug-likeness (QED) is 0.404. The summed E-state index contributed by atoms with van der Waals surface area (Å²) in [6.45, 7) is 19.0. The molecule has 0 aromatic heterocycles. The lowest BCUT2D eigenvalue weighted by Gasteiger charge is -2.45. The molecule has 0 amide bonds. The van der Waals surface area contributed by atoms with Crippen molar-refractivity contribution in [2.45, 2.75) is 93.4 Å². The molecule has 2 saturated carbocycles. The Hall–Kier alpha value is -1.60. The summed E-state index contributed by atoms with van der Waals surface area (Å²) in [6, 6.07) is 20.5. The summed E-state index contributed by atoms with van der Waals surface area (Å²) in [5, 5.41) is 0. The summed E-state index contributed by atoms with van der Waals surface area (Å²) < 4.78 is 0. The minimum Gasteiger partial charge on any atom is -0.306 e. The second-order valence-corrected chi connectivity index (χ2v) is 12.7. The van der Waals surface area contributed by atoms with Crippen LogP contribution in [-0.2, 0) is 0 Å². The largest absolute Gasteiger partial charge is 0.306 e. The maximum absolute atomic E-state index is 2.48. The van der Waals surface area contributed by atoms with Gasteiger partial charge in [0.05, 0.1) is 0 Å². The summed E-state index contributed by atoms with van der Waals surface area (Å²) in [5.41, 5.74) is 3.23. The molecule has 0 spiro atoms. The summed E-state index contributed by atoms with van der Waals surface area (Å²) in [7, 11) is 2.25. The molecular weight excluding hydrogens is 434 g/mol.